The fourth-order valence-corrected chi connectivity index (χ4v) is 6.94. The van der Waals surface area contributed by atoms with Gasteiger partial charge in [0.2, 0.25) is 0 Å². The summed E-state index contributed by atoms with van der Waals surface area (Å²) in [6.45, 7) is 9.61. The molecular formula is C14H21S2Si. The minimum absolute atomic E-state index is 0.439. The molecule has 0 atom stereocenters. The van der Waals surface area contributed by atoms with Crippen LogP contribution in [0.5, 0.6) is 0 Å². The zero-order valence-corrected chi connectivity index (χ0v) is 13.8. The van der Waals surface area contributed by atoms with Crippen molar-refractivity contribution in [3.8, 4) is 0 Å². The lowest BCUT2D eigenvalue weighted by Crippen LogP contribution is -2.38. The Morgan fingerprint density at radius 1 is 1.12 bits per heavy atom. The lowest BCUT2D eigenvalue weighted by Gasteiger charge is -2.28. The second-order valence-corrected chi connectivity index (χ2v) is 11.5. The Labute approximate surface area is 116 Å². The first-order valence-corrected chi connectivity index (χ1v) is 10.3. The second-order valence-electron chi connectivity index (χ2n) is 5.54. The molecule has 0 saturated carbocycles. The van der Waals surface area contributed by atoms with Crippen LogP contribution in [0.15, 0.2) is 24.3 Å². The van der Waals surface area contributed by atoms with Crippen LogP contribution in [-0.2, 0) is 0 Å². The predicted octanol–water partition coefficient (Wildman–Crippen LogP) is 4.30. The fraction of sp³-hybridized carbons (Fsp3) is 0.571. The number of hydrogen-bond acceptors (Lipinski definition) is 2. The van der Waals surface area contributed by atoms with Crippen molar-refractivity contribution in [3.63, 3.8) is 0 Å². The third-order valence-corrected chi connectivity index (χ3v) is 9.95. The summed E-state index contributed by atoms with van der Waals surface area (Å²) < 4.78 is 0.688. The second kappa shape index (κ2) is 5.41. The van der Waals surface area contributed by atoms with Gasteiger partial charge < -0.3 is 0 Å². The zero-order valence-electron chi connectivity index (χ0n) is 11.1. The number of thioether (sulfide) groups is 2. The highest BCUT2D eigenvalue weighted by molar-refractivity contribution is 8.19. The van der Waals surface area contributed by atoms with Crippen molar-refractivity contribution in [2.45, 2.75) is 36.9 Å². The fourth-order valence-electron chi connectivity index (χ4n) is 1.99. The number of hydrogen-bond donors (Lipinski definition) is 0. The maximum Gasteiger partial charge on any atom is 0.0885 e. The highest BCUT2D eigenvalue weighted by Gasteiger charge is 2.29. The lowest BCUT2D eigenvalue weighted by atomic mass is 10.2. The first kappa shape index (κ1) is 13.6. The molecular weight excluding hydrogens is 260 g/mol. The van der Waals surface area contributed by atoms with Crippen LogP contribution in [0.3, 0.4) is 0 Å². The van der Waals surface area contributed by atoms with Gasteiger partial charge in [-0.15, -0.1) is 23.5 Å². The molecule has 0 nitrogen and oxygen atoms in total. The van der Waals surface area contributed by atoms with Gasteiger partial charge in [-0.3, -0.25) is 0 Å². The molecule has 1 heterocycles. The van der Waals surface area contributed by atoms with E-state index < -0.39 is 8.80 Å². The molecule has 17 heavy (non-hydrogen) atoms. The van der Waals surface area contributed by atoms with E-state index in [1.807, 2.05) is 0 Å². The van der Waals surface area contributed by atoms with Gasteiger partial charge in [-0.2, -0.15) is 0 Å². The van der Waals surface area contributed by atoms with Gasteiger partial charge in [0.15, 0.2) is 0 Å². The average Bonchev–Trinajstić information content (AvgIpc) is 2.80. The molecule has 0 amide bonds. The van der Waals surface area contributed by atoms with Crippen molar-refractivity contribution in [2.24, 2.45) is 0 Å². The summed E-state index contributed by atoms with van der Waals surface area (Å²) in [6.07, 6.45) is 0. The van der Waals surface area contributed by atoms with Crippen LogP contribution < -0.4 is 5.19 Å². The molecule has 0 aromatic heterocycles. The maximum absolute atomic E-state index is 2.47. The summed E-state index contributed by atoms with van der Waals surface area (Å²) in [5.74, 6) is 2.62. The normalized spacial score (nSPS) is 17.9. The summed E-state index contributed by atoms with van der Waals surface area (Å²) in [5.41, 5.74) is 1.60. The molecule has 2 rings (SSSR count). The third-order valence-electron chi connectivity index (χ3n) is 3.37. The van der Waals surface area contributed by atoms with Crippen LogP contribution in [0.1, 0.15) is 30.9 Å². The molecule has 0 bridgehead atoms. The van der Waals surface area contributed by atoms with Gasteiger partial charge >= 0.3 is 0 Å². The molecule has 1 aromatic rings. The smallest absolute Gasteiger partial charge is 0.0885 e. The van der Waals surface area contributed by atoms with Crippen LogP contribution in [0.4, 0.5) is 0 Å². The Balaban J connectivity index is 2.33. The number of rotatable bonds is 2. The Hall–Kier alpha value is 0.137. The predicted molar refractivity (Wildman–Crippen MR) is 85.1 cm³/mol. The Morgan fingerprint density at radius 3 is 2.29 bits per heavy atom. The first-order chi connectivity index (χ1) is 8.00. The summed E-state index contributed by atoms with van der Waals surface area (Å²) >= 11 is 4.23. The Kier molecular flexibility index (Phi) is 4.32. The molecule has 0 aliphatic carbocycles. The van der Waals surface area contributed by atoms with E-state index in [9.17, 15) is 0 Å². The van der Waals surface area contributed by atoms with Crippen LogP contribution in [-0.4, -0.2) is 20.3 Å². The van der Waals surface area contributed by atoms with Crippen LogP contribution in [0.2, 0.25) is 11.6 Å². The van der Waals surface area contributed by atoms with Crippen molar-refractivity contribution < 1.29 is 0 Å². The largest absolute Gasteiger partial charge is 0.142 e. The highest BCUT2D eigenvalue weighted by Crippen LogP contribution is 2.45. The van der Waals surface area contributed by atoms with E-state index in [4.69, 9.17) is 0 Å². The van der Waals surface area contributed by atoms with Gasteiger partial charge in [-0.25, -0.2) is 0 Å². The van der Waals surface area contributed by atoms with Crippen molar-refractivity contribution in [1.29, 1.82) is 0 Å². The van der Waals surface area contributed by atoms with E-state index in [0.29, 0.717) is 9.62 Å². The topological polar surface area (TPSA) is 0 Å². The molecule has 1 saturated heterocycles. The molecule has 93 valence electrons. The third kappa shape index (κ3) is 3.12. The quantitative estimate of drug-likeness (QED) is 0.741. The van der Waals surface area contributed by atoms with E-state index in [2.05, 4.69) is 75.1 Å². The SMILES string of the molecule is C[Si](c1ccccc1C1SCCS1)C(C)(C)C. The van der Waals surface area contributed by atoms with Gasteiger partial charge in [-0.05, 0) is 10.6 Å². The van der Waals surface area contributed by atoms with Gasteiger partial charge in [0.1, 0.15) is 0 Å². The van der Waals surface area contributed by atoms with Crippen molar-refractivity contribution >= 4 is 37.5 Å². The average molecular weight is 282 g/mol. The summed E-state index contributed by atoms with van der Waals surface area (Å²) in [6, 6.07) is 9.14. The minimum atomic E-state index is -0.476. The molecule has 3 heteroatoms. The summed E-state index contributed by atoms with van der Waals surface area (Å²) in [4.78, 5) is 0. The van der Waals surface area contributed by atoms with Gasteiger partial charge in [0.25, 0.3) is 0 Å². The van der Waals surface area contributed by atoms with E-state index >= 15 is 0 Å². The van der Waals surface area contributed by atoms with Gasteiger partial charge in [0, 0.05) is 11.5 Å². The van der Waals surface area contributed by atoms with E-state index in [1.165, 1.54) is 11.5 Å². The highest BCUT2D eigenvalue weighted by atomic mass is 32.2. The molecule has 0 spiro atoms. The molecule has 1 radical (unpaired) electrons. The summed E-state index contributed by atoms with van der Waals surface area (Å²) in [7, 11) is -0.476. The molecule has 1 aliphatic heterocycles. The monoisotopic (exact) mass is 281 g/mol. The molecule has 1 aliphatic rings. The molecule has 0 N–H and O–H groups in total. The molecule has 1 fully saturated rings. The van der Waals surface area contributed by atoms with Crippen LogP contribution in [0, 0.1) is 0 Å². The lowest BCUT2D eigenvalue weighted by molar-refractivity contribution is 0.746. The van der Waals surface area contributed by atoms with E-state index in [0.717, 1.165) is 0 Å². The van der Waals surface area contributed by atoms with Crippen LogP contribution in [0.25, 0.3) is 0 Å². The number of benzene rings is 1. The van der Waals surface area contributed by atoms with Crippen LogP contribution >= 0.6 is 23.5 Å². The maximum atomic E-state index is 2.47. The van der Waals surface area contributed by atoms with Crippen molar-refractivity contribution in [2.75, 3.05) is 11.5 Å². The van der Waals surface area contributed by atoms with Crippen molar-refractivity contribution in [1.82, 2.24) is 0 Å². The van der Waals surface area contributed by atoms with Crippen molar-refractivity contribution in [3.05, 3.63) is 29.8 Å². The molecule has 1 aromatic carbocycles. The van der Waals surface area contributed by atoms with E-state index in [-0.39, 0.29) is 0 Å². The van der Waals surface area contributed by atoms with E-state index in [1.54, 1.807) is 10.8 Å². The first-order valence-electron chi connectivity index (χ1n) is 6.16. The Morgan fingerprint density at radius 2 is 1.71 bits per heavy atom. The summed E-state index contributed by atoms with van der Waals surface area (Å²) in [5, 5.41) is 2.09. The molecule has 0 unspecified atom stereocenters. The van der Waals surface area contributed by atoms with Gasteiger partial charge in [-0.1, -0.05) is 56.8 Å². The Bertz CT molecular complexity index is 378. The zero-order chi connectivity index (χ0) is 12.5. The van der Waals surface area contributed by atoms with Gasteiger partial charge in [0.05, 0.1) is 13.4 Å². The minimum Gasteiger partial charge on any atom is -0.142 e. The standard InChI is InChI=1S/C14H21S2Si/c1-14(2,3)17(4)12-8-6-5-7-11(12)13-15-9-10-16-13/h5-8,13H,9-10H2,1-4H3.